The number of halogens is 1. The van der Waals surface area contributed by atoms with Crippen LogP contribution in [0.3, 0.4) is 0 Å². The highest BCUT2D eigenvalue weighted by Gasteiger charge is 2.25. The molecule has 0 atom stereocenters. The molecule has 0 amide bonds. The Kier molecular flexibility index (Phi) is 6.90. The normalized spacial score (nSPS) is 15.5. The van der Waals surface area contributed by atoms with Crippen molar-refractivity contribution >= 4 is 40.6 Å². The molecule has 1 aliphatic carbocycles. The summed E-state index contributed by atoms with van der Waals surface area (Å²) in [5.74, 6) is 2.99. The number of anilines is 3. The first-order valence-electron chi connectivity index (χ1n) is 12.4. The highest BCUT2D eigenvalue weighted by atomic mass is 35.5. The number of hydrogen-bond acceptors (Lipinski definition) is 7. The molecule has 184 valence electrons. The molecule has 4 heterocycles. The zero-order valence-corrected chi connectivity index (χ0v) is 21.1. The van der Waals surface area contributed by atoms with Crippen molar-refractivity contribution in [2.75, 3.05) is 23.3 Å². The Morgan fingerprint density at radius 1 is 0.865 bits per heavy atom. The van der Waals surface area contributed by atoms with Crippen LogP contribution in [0.4, 0.5) is 17.5 Å². The van der Waals surface area contributed by atoms with Crippen molar-refractivity contribution in [3.63, 3.8) is 0 Å². The summed E-state index contributed by atoms with van der Waals surface area (Å²) < 4.78 is 0. The number of benzene rings is 1. The Balaban J connectivity index is 0.00000280. The van der Waals surface area contributed by atoms with E-state index in [4.69, 9.17) is 9.97 Å². The average molecular weight is 508 g/mol. The highest BCUT2D eigenvalue weighted by molar-refractivity contribution is 5.95. The van der Waals surface area contributed by atoms with Crippen molar-refractivity contribution in [3.8, 4) is 23.4 Å². The average Bonchev–Trinajstić information content (AvgIpc) is 3.78. The van der Waals surface area contributed by atoms with Crippen molar-refractivity contribution in [3.05, 3.63) is 72.1 Å². The summed E-state index contributed by atoms with van der Waals surface area (Å²) in [5, 5.41) is 24.0. The van der Waals surface area contributed by atoms with Crippen LogP contribution in [0.25, 0.3) is 22.0 Å². The minimum atomic E-state index is 0. The molecule has 1 aromatic carbocycles. The Bertz CT molecular complexity index is 1530. The molecule has 2 aliphatic rings. The van der Waals surface area contributed by atoms with Gasteiger partial charge in [0.1, 0.15) is 17.5 Å². The third-order valence-corrected chi connectivity index (χ3v) is 7.06. The van der Waals surface area contributed by atoms with Crippen LogP contribution in [-0.4, -0.2) is 28.0 Å². The van der Waals surface area contributed by atoms with Gasteiger partial charge in [-0.1, -0.05) is 12.1 Å². The molecule has 1 saturated carbocycles. The summed E-state index contributed by atoms with van der Waals surface area (Å²) in [5.41, 5.74) is 3.76. The maximum atomic E-state index is 9.28. The number of hydrogen-bond donors (Lipinski definition) is 1. The van der Waals surface area contributed by atoms with Gasteiger partial charge in [-0.3, -0.25) is 0 Å². The van der Waals surface area contributed by atoms with Gasteiger partial charge in [0.15, 0.2) is 0 Å². The number of rotatable bonds is 5. The van der Waals surface area contributed by atoms with E-state index in [1.807, 2.05) is 12.3 Å². The molecule has 1 aliphatic heterocycles. The predicted molar refractivity (Wildman–Crippen MR) is 147 cm³/mol. The van der Waals surface area contributed by atoms with Crippen LogP contribution in [0.5, 0.6) is 0 Å². The van der Waals surface area contributed by atoms with E-state index in [9.17, 15) is 10.5 Å². The SMILES string of the molecule is Cl.N#Cc1ccnc(Nc2cc(C3CC3)cc(-c3ccc4ccnc(N5CCC(C#N)CC5)c4c3)n2)c1. The molecule has 7 nitrogen and oxygen atoms in total. The van der Waals surface area contributed by atoms with E-state index in [-0.39, 0.29) is 18.3 Å². The first-order valence-corrected chi connectivity index (χ1v) is 12.4. The van der Waals surface area contributed by atoms with E-state index < -0.39 is 0 Å². The molecule has 6 rings (SSSR count). The van der Waals surface area contributed by atoms with Crippen LogP contribution >= 0.6 is 12.4 Å². The molecule has 8 heteroatoms. The molecule has 1 N–H and O–H groups in total. The van der Waals surface area contributed by atoms with Gasteiger partial charge in [-0.15, -0.1) is 12.4 Å². The fourth-order valence-electron chi connectivity index (χ4n) is 4.90. The molecule has 37 heavy (non-hydrogen) atoms. The van der Waals surface area contributed by atoms with Crippen LogP contribution in [0.2, 0.25) is 0 Å². The fourth-order valence-corrected chi connectivity index (χ4v) is 4.90. The number of piperidine rings is 1. The maximum Gasteiger partial charge on any atom is 0.136 e. The second kappa shape index (κ2) is 10.4. The van der Waals surface area contributed by atoms with Gasteiger partial charge in [0.2, 0.25) is 0 Å². The van der Waals surface area contributed by atoms with Crippen LogP contribution in [0, 0.1) is 28.6 Å². The molecule has 2 fully saturated rings. The quantitative estimate of drug-likeness (QED) is 0.336. The molecular formula is C29H26ClN7. The lowest BCUT2D eigenvalue weighted by molar-refractivity contribution is 0.486. The molecule has 0 unspecified atom stereocenters. The molecule has 3 aromatic heterocycles. The molecule has 0 radical (unpaired) electrons. The Morgan fingerprint density at radius 2 is 1.68 bits per heavy atom. The monoisotopic (exact) mass is 507 g/mol. The summed E-state index contributed by atoms with van der Waals surface area (Å²) in [6.45, 7) is 1.68. The Morgan fingerprint density at radius 3 is 2.43 bits per heavy atom. The van der Waals surface area contributed by atoms with E-state index in [0.29, 0.717) is 17.3 Å². The summed E-state index contributed by atoms with van der Waals surface area (Å²) in [6.07, 6.45) is 7.61. The van der Waals surface area contributed by atoms with Gasteiger partial charge in [-0.2, -0.15) is 10.5 Å². The second-order valence-electron chi connectivity index (χ2n) is 9.57. The predicted octanol–water partition coefficient (Wildman–Crippen LogP) is 6.35. The van der Waals surface area contributed by atoms with E-state index in [1.165, 1.54) is 18.4 Å². The third kappa shape index (κ3) is 5.18. The van der Waals surface area contributed by atoms with E-state index >= 15 is 0 Å². The van der Waals surface area contributed by atoms with Gasteiger partial charge < -0.3 is 10.2 Å². The number of nitrogens with zero attached hydrogens (tertiary/aromatic N) is 6. The second-order valence-corrected chi connectivity index (χ2v) is 9.57. The van der Waals surface area contributed by atoms with Crippen molar-refractivity contribution in [1.82, 2.24) is 15.0 Å². The maximum absolute atomic E-state index is 9.28. The fraction of sp³-hybridized carbons (Fsp3) is 0.276. The van der Waals surface area contributed by atoms with Gasteiger partial charge in [-0.05, 0) is 78.9 Å². The molecule has 4 aromatic rings. The van der Waals surface area contributed by atoms with Crippen LogP contribution in [-0.2, 0) is 0 Å². The number of nitrogens with one attached hydrogen (secondary N) is 1. The number of pyridine rings is 3. The summed E-state index contributed by atoms with van der Waals surface area (Å²) >= 11 is 0. The minimum absolute atomic E-state index is 0. The zero-order valence-electron chi connectivity index (χ0n) is 20.3. The van der Waals surface area contributed by atoms with E-state index in [1.54, 1.807) is 18.3 Å². The van der Waals surface area contributed by atoms with Crippen LogP contribution in [0.15, 0.2) is 60.9 Å². The van der Waals surface area contributed by atoms with Gasteiger partial charge >= 0.3 is 0 Å². The summed E-state index contributed by atoms with van der Waals surface area (Å²) in [4.78, 5) is 16.3. The largest absolute Gasteiger partial charge is 0.356 e. The standard InChI is InChI=1S/C29H25N7.ClH/c30-17-19-7-11-36(12-8-19)29-25-14-23(4-3-22(25)6-10-33-29)26-15-24(21-1-2-21)16-28(34-26)35-27-13-20(18-31)5-9-32-27;/h3-6,9-10,13-16,19,21H,1-2,7-8,11-12H2,(H,32,34,35);1H. The molecular weight excluding hydrogens is 482 g/mol. The van der Waals surface area contributed by atoms with Crippen molar-refractivity contribution in [1.29, 1.82) is 10.5 Å². The molecule has 0 bridgehead atoms. The Labute approximate surface area is 222 Å². The lowest BCUT2D eigenvalue weighted by atomic mass is 9.97. The van der Waals surface area contributed by atoms with Crippen LogP contribution in [0.1, 0.15) is 42.7 Å². The Hall–Kier alpha value is -4.20. The van der Waals surface area contributed by atoms with Gasteiger partial charge in [-0.25, -0.2) is 15.0 Å². The third-order valence-electron chi connectivity index (χ3n) is 7.06. The van der Waals surface area contributed by atoms with Crippen molar-refractivity contribution in [2.24, 2.45) is 5.92 Å². The summed E-state index contributed by atoms with van der Waals surface area (Å²) in [7, 11) is 0. The number of fused-ring (bicyclic) bond motifs is 1. The highest BCUT2D eigenvalue weighted by Crippen LogP contribution is 2.42. The number of nitriles is 2. The minimum Gasteiger partial charge on any atom is -0.356 e. The van der Waals surface area contributed by atoms with E-state index in [0.717, 1.165) is 59.6 Å². The van der Waals surface area contributed by atoms with E-state index in [2.05, 4.69) is 57.7 Å². The zero-order chi connectivity index (χ0) is 24.5. The number of aromatic nitrogens is 3. The van der Waals surface area contributed by atoms with Crippen molar-refractivity contribution < 1.29 is 0 Å². The first-order chi connectivity index (χ1) is 17.7. The topological polar surface area (TPSA) is 102 Å². The molecule has 0 spiro atoms. The van der Waals surface area contributed by atoms with Crippen molar-refractivity contribution in [2.45, 2.75) is 31.6 Å². The first kappa shape index (κ1) is 24.5. The summed E-state index contributed by atoms with van der Waals surface area (Å²) in [6, 6.07) is 20.8. The van der Waals surface area contributed by atoms with Gasteiger partial charge in [0.25, 0.3) is 0 Å². The van der Waals surface area contributed by atoms with Gasteiger partial charge in [0.05, 0.1) is 23.4 Å². The van der Waals surface area contributed by atoms with Crippen LogP contribution < -0.4 is 10.2 Å². The lowest BCUT2D eigenvalue weighted by Gasteiger charge is -2.31. The smallest absolute Gasteiger partial charge is 0.136 e. The molecule has 1 saturated heterocycles. The van der Waals surface area contributed by atoms with Gasteiger partial charge in [0, 0.05) is 42.4 Å². The lowest BCUT2D eigenvalue weighted by Crippen LogP contribution is -2.33.